The van der Waals surface area contributed by atoms with Crippen LogP contribution in [0.5, 0.6) is 0 Å². The second kappa shape index (κ2) is 8.80. The molecule has 0 fully saturated rings. The van der Waals surface area contributed by atoms with Gasteiger partial charge >= 0.3 is 0 Å². The zero-order valence-electron chi connectivity index (χ0n) is 11.9. The van der Waals surface area contributed by atoms with E-state index in [1.54, 1.807) is 7.11 Å². The third kappa shape index (κ3) is 5.70. The number of halogens is 2. The van der Waals surface area contributed by atoms with Crippen molar-refractivity contribution in [3.8, 4) is 0 Å². The first-order chi connectivity index (χ1) is 9.08. The molecule has 2 nitrogen and oxygen atoms in total. The summed E-state index contributed by atoms with van der Waals surface area (Å²) in [6.45, 7) is 6.05. The highest BCUT2D eigenvalue weighted by Gasteiger charge is 2.15. The third-order valence-electron chi connectivity index (χ3n) is 3.13. The molecule has 0 radical (unpaired) electrons. The van der Waals surface area contributed by atoms with Crippen LogP contribution < -0.4 is 5.32 Å². The van der Waals surface area contributed by atoms with Crippen LogP contribution in [-0.2, 0) is 11.2 Å². The summed E-state index contributed by atoms with van der Waals surface area (Å²) in [5.74, 6) is 0.520. The number of hydrogen-bond donors (Lipinski definition) is 1. The van der Waals surface area contributed by atoms with Gasteiger partial charge in [0.05, 0.1) is 10.0 Å². The summed E-state index contributed by atoms with van der Waals surface area (Å²) in [7, 11) is 1.74. The molecule has 0 aliphatic carbocycles. The highest BCUT2D eigenvalue weighted by atomic mass is 35.5. The smallest absolute Gasteiger partial charge is 0.0624 e. The number of methoxy groups -OCH3 is 1. The Hall–Kier alpha value is -0.280. The first kappa shape index (κ1) is 16.8. The predicted octanol–water partition coefficient (Wildman–Crippen LogP) is 4.19. The van der Waals surface area contributed by atoms with Crippen LogP contribution >= 0.6 is 23.2 Å². The third-order valence-corrected chi connectivity index (χ3v) is 3.99. The van der Waals surface area contributed by atoms with Gasteiger partial charge in [-0.2, -0.15) is 0 Å². The van der Waals surface area contributed by atoms with Gasteiger partial charge in [-0.1, -0.05) is 49.2 Å². The van der Waals surface area contributed by atoms with Gasteiger partial charge < -0.3 is 10.1 Å². The van der Waals surface area contributed by atoms with Crippen LogP contribution in [0.3, 0.4) is 0 Å². The molecule has 0 heterocycles. The number of nitrogens with one attached hydrogen (secondary N) is 1. The van der Waals surface area contributed by atoms with Crippen LogP contribution in [0.4, 0.5) is 0 Å². The minimum Gasteiger partial charge on any atom is -0.384 e. The minimum atomic E-state index is 0.395. The molecule has 1 rings (SSSR count). The van der Waals surface area contributed by atoms with Crippen LogP contribution in [-0.4, -0.2) is 26.3 Å². The van der Waals surface area contributed by atoms with Crippen LogP contribution in [0, 0.1) is 5.92 Å². The molecule has 1 aromatic rings. The maximum atomic E-state index is 6.25. The number of rotatable bonds is 8. The lowest BCUT2D eigenvalue weighted by Crippen LogP contribution is -2.33. The van der Waals surface area contributed by atoms with E-state index < -0.39 is 0 Å². The van der Waals surface area contributed by atoms with E-state index in [0.29, 0.717) is 22.0 Å². The van der Waals surface area contributed by atoms with Gasteiger partial charge in [0, 0.05) is 19.8 Å². The van der Waals surface area contributed by atoms with Gasteiger partial charge in [0.15, 0.2) is 0 Å². The molecular formula is C15H23Cl2NO. The summed E-state index contributed by atoms with van der Waals surface area (Å²) in [6.07, 6.45) is 1.95. The quantitative estimate of drug-likeness (QED) is 0.777. The number of likely N-dealkylation sites (N-methyl/N-ethyl adjacent to an activating group) is 1. The van der Waals surface area contributed by atoms with Crippen molar-refractivity contribution in [1.29, 1.82) is 0 Å². The number of benzene rings is 1. The maximum absolute atomic E-state index is 6.25. The predicted molar refractivity (Wildman–Crippen MR) is 83.3 cm³/mol. The van der Waals surface area contributed by atoms with Gasteiger partial charge in [0.25, 0.3) is 0 Å². The van der Waals surface area contributed by atoms with E-state index in [1.165, 1.54) is 0 Å². The summed E-state index contributed by atoms with van der Waals surface area (Å²) < 4.78 is 5.20. The largest absolute Gasteiger partial charge is 0.384 e. The molecule has 0 aliphatic rings. The number of hydrogen-bond acceptors (Lipinski definition) is 2. The van der Waals surface area contributed by atoms with Gasteiger partial charge in [-0.05, 0) is 36.9 Å². The molecule has 0 saturated heterocycles. The lowest BCUT2D eigenvalue weighted by molar-refractivity contribution is 0.149. The Morgan fingerprint density at radius 1 is 1.32 bits per heavy atom. The van der Waals surface area contributed by atoms with E-state index in [2.05, 4.69) is 19.2 Å². The topological polar surface area (TPSA) is 21.3 Å². The van der Waals surface area contributed by atoms with Crippen LogP contribution in [0.1, 0.15) is 25.8 Å². The highest BCUT2D eigenvalue weighted by molar-refractivity contribution is 6.42. The van der Waals surface area contributed by atoms with Crippen LogP contribution in [0.25, 0.3) is 0 Å². The van der Waals surface area contributed by atoms with E-state index in [9.17, 15) is 0 Å². The van der Waals surface area contributed by atoms with Crippen molar-refractivity contribution in [2.24, 2.45) is 5.92 Å². The lowest BCUT2D eigenvalue weighted by Gasteiger charge is -2.22. The van der Waals surface area contributed by atoms with Crippen molar-refractivity contribution in [3.05, 3.63) is 33.8 Å². The van der Waals surface area contributed by atoms with Crippen molar-refractivity contribution in [2.75, 3.05) is 20.3 Å². The second-order valence-corrected chi connectivity index (χ2v) is 5.75. The molecule has 4 heteroatoms. The molecule has 2 unspecified atom stereocenters. The minimum absolute atomic E-state index is 0.395. The molecule has 0 spiro atoms. The Balaban J connectivity index is 2.69. The molecule has 0 saturated carbocycles. The Morgan fingerprint density at radius 2 is 2.05 bits per heavy atom. The van der Waals surface area contributed by atoms with Gasteiger partial charge in [0.1, 0.15) is 0 Å². The highest BCUT2D eigenvalue weighted by Crippen LogP contribution is 2.27. The zero-order valence-corrected chi connectivity index (χ0v) is 13.4. The standard InChI is InChI=1S/C15H23Cl2NO/c1-4-18-13(8-11(2)10-19-3)9-12-6-5-7-14(16)15(12)17/h5-7,11,13,18H,4,8-10H2,1-3H3. The molecule has 0 aromatic heterocycles. The Labute approximate surface area is 126 Å². The molecule has 108 valence electrons. The van der Waals surface area contributed by atoms with Crippen molar-refractivity contribution in [3.63, 3.8) is 0 Å². The van der Waals surface area contributed by atoms with Gasteiger partial charge in [-0.25, -0.2) is 0 Å². The summed E-state index contributed by atoms with van der Waals surface area (Å²) in [5.41, 5.74) is 1.10. The molecule has 0 bridgehead atoms. The maximum Gasteiger partial charge on any atom is 0.0624 e. The van der Waals surface area contributed by atoms with E-state index in [0.717, 1.165) is 31.6 Å². The molecule has 0 amide bonds. The van der Waals surface area contributed by atoms with Crippen molar-refractivity contribution in [2.45, 2.75) is 32.7 Å². The molecule has 2 atom stereocenters. The average Bonchev–Trinajstić information content (AvgIpc) is 2.35. The van der Waals surface area contributed by atoms with E-state index in [-0.39, 0.29) is 0 Å². The molecular weight excluding hydrogens is 281 g/mol. The van der Waals surface area contributed by atoms with Crippen molar-refractivity contribution < 1.29 is 4.74 Å². The summed E-state index contributed by atoms with van der Waals surface area (Å²) in [4.78, 5) is 0. The SMILES string of the molecule is CCNC(Cc1cccc(Cl)c1Cl)CC(C)COC. The first-order valence-electron chi connectivity index (χ1n) is 6.73. The van der Waals surface area contributed by atoms with Crippen molar-refractivity contribution >= 4 is 23.2 Å². The molecule has 1 N–H and O–H groups in total. The monoisotopic (exact) mass is 303 g/mol. The fraction of sp³-hybridized carbons (Fsp3) is 0.600. The van der Waals surface area contributed by atoms with E-state index in [4.69, 9.17) is 27.9 Å². The second-order valence-electron chi connectivity index (χ2n) is 4.97. The Kier molecular flexibility index (Phi) is 7.77. The lowest BCUT2D eigenvalue weighted by atomic mass is 9.96. The average molecular weight is 304 g/mol. The fourth-order valence-corrected chi connectivity index (χ4v) is 2.73. The summed E-state index contributed by atoms with van der Waals surface area (Å²) in [6, 6.07) is 6.21. The Morgan fingerprint density at radius 3 is 2.68 bits per heavy atom. The summed E-state index contributed by atoms with van der Waals surface area (Å²) >= 11 is 12.3. The van der Waals surface area contributed by atoms with E-state index >= 15 is 0 Å². The first-order valence-corrected chi connectivity index (χ1v) is 7.49. The van der Waals surface area contributed by atoms with Gasteiger partial charge in [-0.3, -0.25) is 0 Å². The Bertz CT molecular complexity index is 384. The zero-order chi connectivity index (χ0) is 14.3. The normalized spacial score (nSPS) is 14.4. The molecule has 0 aliphatic heterocycles. The van der Waals surface area contributed by atoms with Crippen LogP contribution in [0.2, 0.25) is 10.0 Å². The van der Waals surface area contributed by atoms with Gasteiger partial charge in [0.2, 0.25) is 0 Å². The summed E-state index contributed by atoms with van der Waals surface area (Å²) in [5, 5.41) is 4.81. The number of ether oxygens (including phenoxy) is 1. The van der Waals surface area contributed by atoms with Crippen LogP contribution in [0.15, 0.2) is 18.2 Å². The van der Waals surface area contributed by atoms with E-state index in [1.807, 2.05) is 18.2 Å². The van der Waals surface area contributed by atoms with Crippen molar-refractivity contribution in [1.82, 2.24) is 5.32 Å². The van der Waals surface area contributed by atoms with Gasteiger partial charge in [-0.15, -0.1) is 0 Å². The fourth-order valence-electron chi connectivity index (χ4n) is 2.34. The molecule has 1 aromatic carbocycles. The molecule has 19 heavy (non-hydrogen) atoms.